The van der Waals surface area contributed by atoms with Gasteiger partial charge in [-0.05, 0) is 45.6 Å². The van der Waals surface area contributed by atoms with E-state index in [1.807, 2.05) is 47.8 Å². The van der Waals surface area contributed by atoms with Crippen LogP contribution in [-0.4, -0.2) is 42.8 Å². The minimum Gasteiger partial charge on any atom is -0.321 e. The summed E-state index contributed by atoms with van der Waals surface area (Å²) in [5.41, 5.74) is 2.39. The Kier molecular flexibility index (Phi) is 6.27. The predicted molar refractivity (Wildman–Crippen MR) is 132 cm³/mol. The minimum atomic E-state index is -0.388. The van der Waals surface area contributed by atoms with E-state index >= 15 is 0 Å². The van der Waals surface area contributed by atoms with Gasteiger partial charge < -0.3 is 5.32 Å². The fourth-order valence-electron chi connectivity index (χ4n) is 3.72. The molecule has 9 nitrogen and oxygen atoms in total. The van der Waals surface area contributed by atoms with Gasteiger partial charge in [-0.3, -0.25) is 19.3 Å². The number of anilines is 1. The summed E-state index contributed by atoms with van der Waals surface area (Å²) in [5, 5.41) is 16.8. The largest absolute Gasteiger partial charge is 0.321 e. The van der Waals surface area contributed by atoms with Gasteiger partial charge in [0.2, 0.25) is 11.8 Å². The molecule has 1 fully saturated rings. The number of aromatic nitrogens is 4. The second-order valence-electron chi connectivity index (χ2n) is 7.85. The first-order valence-corrected chi connectivity index (χ1v) is 11.8. The normalized spacial score (nSPS) is 13.9. The van der Waals surface area contributed by atoms with Gasteiger partial charge in [0.15, 0.2) is 5.82 Å². The van der Waals surface area contributed by atoms with Crippen LogP contribution in [0.1, 0.15) is 23.3 Å². The number of hydrogen-bond acceptors (Lipinski definition) is 7. The molecule has 5 rings (SSSR count). The molecule has 3 amide bonds. The summed E-state index contributed by atoms with van der Waals surface area (Å²) in [6, 6.07) is 20.2. The van der Waals surface area contributed by atoms with Crippen LogP contribution in [0, 0.1) is 0 Å². The number of nitrogens with one attached hydrogen (secondary N) is 1. The maximum atomic E-state index is 13.4. The van der Waals surface area contributed by atoms with E-state index in [2.05, 4.69) is 20.8 Å². The van der Waals surface area contributed by atoms with Crippen molar-refractivity contribution >= 4 is 46.5 Å². The molecule has 3 heterocycles. The van der Waals surface area contributed by atoms with Gasteiger partial charge in [-0.2, -0.15) is 4.68 Å². The summed E-state index contributed by atoms with van der Waals surface area (Å²) in [4.78, 5) is 39.3. The van der Waals surface area contributed by atoms with Gasteiger partial charge >= 0.3 is 0 Å². The van der Waals surface area contributed by atoms with Crippen molar-refractivity contribution in [3.63, 3.8) is 0 Å². The van der Waals surface area contributed by atoms with Gasteiger partial charge in [-0.15, -0.1) is 16.4 Å². The van der Waals surface area contributed by atoms with Crippen LogP contribution in [0.2, 0.25) is 0 Å². The fraction of sp³-hybridized carbons (Fsp3) is 0.120. The summed E-state index contributed by atoms with van der Waals surface area (Å²) in [7, 11) is 0. The zero-order valence-corrected chi connectivity index (χ0v) is 19.3. The van der Waals surface area contributed by atoms with Gasteiger partial charge in [-0.25, -0.2) is 0 Å². The highest BCUT2D eigenvalue weighted by molar-refractivity contribution is 7.10. The number of tetrazole rings is 1. The van der Waals surface area contributed by atoms with Crippen LogP contribution in [0.15, 0.2) is 72.1 Å². The number of carbonyl (C=O) groups is 3. The average Bonchev–Trinajstić information content (AvgIpc) is 3.63. The lowest BCUT2D eigenvalue weighted by atomic mass is 10.2. The summed E-state index contributed by atoms with van der Waals surface area (Å²) in [6.45, 7) is 0.223. The molecule has 10 heteroatoms. The lowest BCUT2D eigenvalue weighted by Gasteiger charge is -2.14. The predicted octanol–water partition coefficient (Wildman–Crippen LogP) is 3.69. The Hall–Kier alpha value is -4.44. The Balaban J connectivity index is 1.39. The lowest BCUT2D eigenvalue weighted by molar-refractivity contribution is -0.139. The van der Waals surface area contributed by atoms with Crippen molar-refractivity contribution in [3.8, 4) is 11.4 Å². The molecular weight excluding hydrogens is 464 g/mol. The molecule has 4 aromatic rings. The van der Waals surface area contributed by atoms with E-state index < -0.39 is 0 Å². The molecule has 35 heavy (non-hydrogen) atoms. The average molecular weight is 485 g/mol. The van der Waals surface area contributed by atoms with Crippen molar-refractivity contribution in [1.82, 2.24) is 25.1 Å². The lowest BCUT2D eigenvalue weighted by Crippen LogP contribution is -2.28. The zero-order chi connectivity index (χ0) is 24.2. The van der Waals surface area contributed by atoms with E-state index in [4.69, 9.17) is 0 Å². The number of nitrogens with zero attached hydrogens (tertiary/aromatic N) is 5. The Morgan fingerprint density at radius 1 is 0.971 bits per heavy atom. The highest BCUT2D eigenvalue weighted by atomic mass is 32.1. The molecule has 0 bridgehead atoms. The van der Waals surface area contributed by atoms with E-state index in [0.29, 0.717) is 11.5 Å². The minimum absolute atomic E-state index is 0.161. The van der Waals surface area contributed by atoms with Crippen molar-refractivity contribution in [3.05, 3.63) is 82.6 Å². The highest BCUT2D eigenvalue weighted by Gasteiger charge is 2.28. The highest BCUT2D eigenvalue weighted by Crippen LogP contribution is 2.23. The Bertz CT molecular complexity index is 1380. The Morgan fingerprint density at radius 2 is 1.71 bits per heavy atom. The zero-order valence-electron chi connectivity index (χ0n) is 18.5. The van der Waals surface area contributed by atoms with Crippen LogP contribution >= 0.6 is 11.3 Å². The summed E-state index contributed by atoms with van der Waals surface area (Å²) in [5.74, 6) is -0.267. The third-order valence-electron chi connectivity index (χ3n) is 5.49. The number of amides is 3. The number of hydrogen-bond donors (Lipinski definition) is 1. The van der Waals surface area contributed by atoms with E-state index in [0.717, 1.165) is 16.0 Å². The van der Waals surface area contributed by atoms with E-state index in [9.17, 15) is 14.4 Å². The molecular formula is C25H20N6O3S. The molecule has 0 spiro atoms. The smallest absolute Gasteiger partial charge is 0.274 e. The van der Waals surface area contributed by atoms with Crippen LogP contribution < -0.4 is 5.32 Å². The van der Waals surface area contributed by atoms with Gasteiger partial charge in [0.25, 0.3) is 5.91 Å². The number of rotatable bonds is 7. The molecule has 1 saturated heterocycles. The number of thiophene rings is 1. The second-order valence-corrected chi connectivity index (χ2v) is 8.83. The molecule has 174 valence electrons. The van der Waals surface area contributed by atoms with Crippen LogP contribution in [0.5, 0.6) is 0 Å². The topological polar surface area (TPSA) is 110 Å². The van der Waals surface area contributed by atoms with Crippen molar-refractivity contribution in [2.75, 3.05) is 5.32 Å². The van der Waals surface area contributed by atoms with Gasteiger partial charge in [0.05, 0.1) is 6.54 Å². The summed E-state index contributed by atoms with van der Waals surface area (Å²) in [6.07, 6.45) is 2.25. The Labute approximate surface area is 204 Å². The van der Waals surface area contributed by atoms with Crippen molar-refractivity contribution in [2.24, 2.45) is 0 Å². The van der Waals surface area contributed by atoms with Gasteiger partial charge in [0.1, 0.15) is 5.70 Å². The molecule has 1 N–H and O–H groups in total. The van der Waals surface area contributed by atoms with Crippen molar-refractivity contribution in [1.29, 1.82) is 0 Å². The standard InChI is InChI=1S/C25H20N6O3S/c32-22-12-13-23(33)30(22)16-17-8-10-19(11-9-17)26-25(34)21(15-20-7-4-14-35-20)31-24(27-28-29-31)18-5-2-1-3-6-18/h1-11,14-15H,12-13,16H2,(H,26,34)/b21-15-. The van der Waals surface area contributed by atoms with Gasteiger partial charge in [-0.1, -0.05) is 48.5 Å². The second kappa shape index (κ2) is 9.82. The Morgan fingerprint density at radius 3 is 2.40 bits per heavy atom. The molecule has 1 aliphatic rings. The molecule has 2 aromatic carbocycles. The SMILES string of the molecule is O=C(Nc1ccc(CN2C(=O)CCC2=O)cc1)/C(=C/c1cccs1)n1nnnc1-c1ccccc1. The van der Waals surface area contributed by atoms with Gasteiger partial charge in [0, 0.05) is 29.0 Å². The van der Waals surface area contributed by atoms with Crippen LogP contribution in [0.25, 0.3) is 23.2 Å². The third kappa shape index (κ3) is 4.92. The molecule has 1 aliphatic heterocycles. The maximum Gasteiger partial charge on any atom is 0.274 e. The third-order valence-corrected chi connectivity index (χ3v) is 6.31. The molecule has 0 saturated carbocycles. The molecule has 2 aromatic heterocycles. The van der Waals surface area contributed by atoms with Crippen LogP contribution in [-0.2, 0) is 20.9 Å². The first kappa shape index (κ1) is 22.4. The summed E-state index contributed by atoms with van der Waals surface area (Å²) >= 11 is 1.49. The fourth-order valence-corrected chi connectivity index (χ4v) is 4.37. The summed E-state index contributed by atoms with van der Waals surface area (Å²) < 4.78 is 1.42. The van der Waals surface area contributed by atoms with Crippen molar-refractivity contribution in [2.45, 2.75) is 19.4 Å². The molecule has 0 aliphatic carbocycles. The maximum absolute atomic E-state index is 13.4. The first-order chi connectivity index (χ1) is 17.1. The molecule has 0 atom stereocenters. The first-order valence-electron chi connectivity index (χ1n) is 10.9. The molecule has 0 radical (unpaired) electrons. The monoisotopic (exact) mass is 484 g/mol. The van der Waals surface area contributed by atoms with E-state index in [1.54, 1.807) is 30.3 Å². The van der Waals surface area contributed by atoms with E-state index in [-0.39, 0.29) is 42.8 Å². The quantitative estimate of drug-likeness (QED) is 0.316. The van der Waals surface area contributed by atoms with Crippen LogP contribution in [0.4, 0.5) is 5.69 Å². The number of likely N-dealkylation sites (tertiary alicyclic amines) is 1. The van der Waals surface area contributed by atoms with Crippen LogP contribution in [0.3, 0.4) is 0 Å². The number of imide groups is 1. The van der Waals surface area contributed by atoms with Crippen molar-refractivity contribution < 1.29 is 14.4 Å². The number of benzene rings is 2. The number of carbonyl (C=O) groups excluding carboxylic acids is 3. The molecule has 0 unspecified atom stereocenters. The van der Waals surface area contributed by atoms with E-state index in [1.165, 1.54) is 20.9 Å².